The van der Waals surface area contributed by atoms with Gasteiger partial charge in [0.2, 0.25) is 0 Å². The van der Waals surface area contributed by atoms with Gasteiger partial charge in [-0.2, -0.15) is 0 Å². The number of likely N-dealkylation sites (N-methyl/N-ethyl adjacent to an activating group) is 1. The van der Waals surface area contributed by atoms with Crippen LogP contribution in [-0.2, 0) is 4.79 Å². The summed E-state index contributed by atoms with van der Waals surface area (Å²) in [6.07, 6.45) is 1.81. The van der Waals surface area contributed by atoms with Gasteiger partial charge in [0.05, 0.1) is 10.5 Å². The number of benzene rings is 2. The number of amides is 2. The molecule has 1 aliphatic rings. The van der Waals surface area contributed by atoms with Gasteiger partial charge in [-0.25, -0.2) is 0 Å². The van der Waals surface area contributed by atoms with Crippen molar-refractivity contribution in [3.05, 3.63) is 69.0 Å². The number of hydrogen-bond acceptors (Lipinski definition) is 4. The molecule has 4 nitrogen and oxygen atoms in total. The first-order valence-electron chi connectivity index (χ1n) is 7.91. The molecule has 0 unspecified atom stereocenters. The zero-order valence-corrected chi connectivity index (χ0v) is 17.1. The minimum Gasteiger partial charge on any atom is -0.322 e. The number of nitrogens with one attached hydrogen (secondary N) is 1. The van der Waals surface area contributed by atoms with Crippen molar-refractivity contribution in [1.82, 2.24) is 4.90 Å². The molecule has 1 N–H and O–H groups in total. The maximum absolute atomic E-state index is 12.3. The Kier molecular flexibility index (Phi) is 5.90. The number of thiocarbonyl (C=S) groups is 1. The van der Waals surface area contributed by atoms with Crippen LogP contribution in [0.15, 0.2) is 57.9 Å². The Hall–Kier alpha value is -1.96. The van der Waals surface area contributed by atoms with Crippen molar-refractivity contribution in [2.45, 2.75) is 6.92 Å². The molecule has 0 atom stereocenters. The Balaban J connectivity index is 1.72. The van der Waals surface area contributed by atoms with E-state index in [9.17, 15) is 9.59 Å². The van der Waals surface area contributed by atoms with E-state index >= 15 is 0 Å². The Morgan fingerprint density at radius 3 is 2.54 bits per heavy atom. The third kappa shape index (κ3) is 4.06. The highest BCUT2D eigenvalue weighted by molar-refractivity contribution is 9.10. The van der Waals surface area contributed by atoms with Crippen molar-refractivity contribution < 1.29 is 9.59 Å². The van der Waals surface area contributed by atoms with Crippen LogP contribution in [0, 0.1) is 0 Å². The summed E-state index contributed by atoms with van der Waals surface area (Å²) in [5.41, 5.74) is 2.13. The number of hydrogen-bond donors (Lipinski definition) is 1. The molecule has 1 fully saturated rings. The zero-order valence-electron chi connectivity index (χ0n) is 13.9. The summed E-state index contributed by atoms with van der Waals surface area (Å²) in [5, 5.41) is 2.86. The summed E-state index contributed by atoms with van der Waals surface area (Å²) in [6.45, 7) is 2.47. The third-order valence-corrected chi connectivity index (χ3v) is 5.84. The minimum absolute atomic E-state index is 0.0613. The van der Waals surface area contributed by atoms with Crippen molar-refractivity contribution in [2.24, 2.45) is 0 Å². The van der Waals surface area contributed by atoms with E-state index in [1.165, 1.54) is 11.8 Å². The predicted octanol–water partition coefficient (Wildman–Crippen LogP) is 4.92. The lowest BCUT2D eigenvalue weighted by atomic mass is 10.1. The standard InChI is InChI=1S/C19H15BrN2O2S2/c1-2-22-18(24)16(26-19(22)25)11-12-7-9-13(10-8-12)21-17(23)14-5-3-4-6-15(14)20/h3-11H,2H2,1H3,(H,21,23). The first kappa shape index (κ1) is 18.8. The van der Waals surface area contributed by atoms with E-state index in [1.54, 1.807) is 23.1 Å². The molecule has 132 valence electrons. The molecular weight excluding hydrogens is 432 g/mol. The highest BCUT2D eigenvalue weighted by Crippen LogP contribution is 2.32. The summed E-state index contributed by atoms with van der Waals surface area (Å²) < 4.78 is 1.33. The number of nitrogens with zero attached hydrogens (tertiary/aromatic N) is 1. The summed E-state index contributed by atoms with van der Waals surface area (Å²) in [4.78, 5) is 26.8. The third-order valence-electron chi connectivity index (χ3n) is 3.77. The molecule has 0 saturated carbocycles. The molecule has 7 heteroatoms. The Morgan fingerprint density at radius 2 is 1.92 bits per heavy atom. The molecule has 2 amide bonds. The molecule has 1 saturated heterocycles. The van der Waals surface area contributed by atoms with E-state index < -0.39 is 0 Å². The number of carbonyl (C=O) groups excluding carboxylic acids is 2. The average Bonchev–Trinajstić information content (AvgIpc) is 2.90. The van der Waals surface area contributed by atoms with Crippen LogP contribution < -0.4 is 5.32 Å². The van der Waals surface area contributed by atoms with Crippen LogP contribution in [0.2, 0.25) is 0 Å². The fourth-order valence-electron chi connectivity index (χ4n) is 2.43. The second kappa shape index (κ2) is 8.16. The lowest BCUT2D eigenvalue weighted by molar-refractivity contribution is -0.121. The smallest absolute Gasteiger partial charge is 0.266 e. The van der Waals surface area contributed by atoms with E-state index in [2.05, 4.69) is 21.2 Å². The van der Waals surface area contributed by atoms with Crippen LogP contribution in [0.4, 0.5) is 5.69 Å². The van der Waals surface area contributed by atoms with Crippen LogP contribution >= 0.6 is 39.9 Å². The minimum atomic E-state index is -0.186. The van der Waals surface area contributed by atoms with Gasteiger partial charge in [-0.15, -0.1) is 0 Å². The molecule has 1 heterocycles. The van der Waals surface area contributed by atoms with Gasteiger partial charge in [0.25, 0.3) is 11.8 Å². The molecule has 3 rings (SSSR count). The molecular formula is C19H15BrN2O2S2. The van der Waals surface area contributed by atoms with Gasteiger partial charge < -0.3 is 5.32 Å². The average molecular weight is 447 g/mol. The second-order valence-corrected chi connectivity index (χ2v) is 8.01. The van der Waals surface area contributed by atoms with E-state index in [-0.39, 0.29) is 11.8 Å². The molecule has 0 aromatic heterocycles. The molecule has 2 aromatic carbocycles. The molecule has 26 heavy (non-hydrogen) atoms. The maximum Gasteiger partial charge on any atom is 0.266 e. The van der Waals surface area contributed by atoms with Gasteiger partial charge in [-0.3, -0.25) is 14.5 Å². The normalized spacial score (nSPS) is 15.6. The summed E-state index contributed by atoms with van der Waals surface area (Å²) >= 11 is 9.89. The fraction of sp³-hybridized carbons (Fsp3) is 0.105. The number of rotatable bonds is 4. The van der Waals surface area contributed by atoms with Gasteiger partial charge in [0.1, 0.15) is 4.32 Å². The van der Waals surface area contributed by atoms with Crippen LogP contribution in [0.1, 0.15) is 22.8 Å². The van der Waals surface area contributed by atoms with E-state index in [1.807, 2.05) is 43.3 Å². The SMILES string of the molecule is CCN1C(=O)C(=Cc2ccc(NC(=O)c3ccccc3Br)cc2)SC1=S. The second-order valence-electron chi connectivity index (χ2n) is 5.48. The van der Waals surface area contributed by atoms with E-state index in [0.29, 0.717) is 27.0 Å². The van der Waals surface area contributed by atoms with Crippen molar-refractivity contribution >= 4 is 67.8 Å². The summed E-state index contributed by atoms with van der Waals surface area (Å²) in [5.74, 6) is -0.247. The summed E-state index contributed by atoms with van der Waals surface area (Å²) in [6, 6.07) is 14.6. The van der Waals surface area contributed by atoms with Gasteiger partial charge in [-0.05, 0) is 58.8 Å². The Bertz CT molecular complexity index is 910. The Morgan fingerprint density at radius 1 is 1.23 bits per heavy atom. The fourth-order valence-corrected chi connectivity index (χ4v) is 4.28. The number of carbonyl (C=O) groups is 2. The molecule has 0 aliphatic carbocycles. The van der Waals surface area contributed by atoms with E-state index in [0.717, 1.165) is 10.0 Å². The zero-order chi connectivity index (χ0) is 18.7. The molecule has 0 radical (unpaired) electrons. The topological polar surface area (TPSA) is 49.4 Å². The number of thioether (sulfide) groups is 1. The quantitative estimate of drug-likeness (QED) is 0.534. The van der Waals surface area contributed by atoms with Crippen LogP contribution in [0.25, 0.3) is 6.08 Å². The van der Waals surface area contributed by atoms with Crippen molar-refractivity contribution in [1.29, 1.82) is 0 Å². The van der Waals surface area contributed by atoms with Gasteiger partial charge in [-0.1, -0.05) is 48.2 Å². The summed E-state index contributed by atoms with van der Waals surface area (Å²) in [7, 11) is 0. The molecule has 2 aromatic rings. The van der Waals surface area contributed by atoms with Crippen molar-refractivity contribution in [3.63, 3.8) is 0 Å². The highest BCUT2D eigenvalue weighted by atomic mass is 79.9. The first-order valence-corrected chi connectivity index (χ1v) is 9.92. The van der Waals surface area contributed by atoms with Crippen LogP contribution in [0.5, 0.6) is 0 Å². The van der Waals surface area contributed by atoms with Gasteiger partial charge >= 0.3 is 0 Å². The van der Waals surface area contributed by atoms with Crippen LogP contribution in [-0.4, -0.2) is 27.6 Å². The lowest BCUT2D eigenvalue weighted by Gasteiger charge is -2.09. The highest BCUT2D eigenvalue weighted by Gasteiger charge is 2.30. The van der Waals surface area contributed by atoms with Crippen molar-refractivity contribution in [3.8, 4) is 0 Å². The lowest BCUT2D eigenvalue weighted by Crippen LogP contribution is -2.27. The molecule has 0 bridgehead atoms. The number of anilines is 1. The predicted molar refractivity (Wildman–Crippen MR) is 114 cm³/mol. The Labute approximate surface area is 169 Å². The van der Waals surface area contributed by atoms with Crippen molar-refractivity contribution in [2.75, 3.05) is 11.9 Å². The van der Waals surface area contributed by atoms with Gasteiger partial charge in [0.15, 0.2) is 0 Å². The van der Waals surface area contributed by atoms with Crippen LogP contribution in [0.3, 0.4) is 0 Å². The maximum atomic E-state index is 12.3. The van der Waals surface area contributed by atoms with E-state index in [4.69, 9.17) is 12.2 Å². The number of halogens is 1. The monoisotopic (exact) mass is 446 g/mol. The molecule has 0 spiro atoms. The first-order chi connectivity index (χ1) is 12.5. The molecule has 1 aliphatic heterocycles. The largest absolute Gasteiger partial charge is 0.322 e. The van der Waals surface area contributed by atoms with Gasteiger partial charge in [0, 0.05) is 16.7 Å².